The van der Waals surface area contributed by atoms with Gasteiger partial charge >= 0.3 is 5.97 Å². The number of nitrogens with zero attached hydrogens (tertiary/aromatic N) is 2. The lowest BCUT2D eigenvalue weighted by Crippen LogP contribution is -2.49. The first-order valence-electron chi connectivity index (χ1n) is 12.9. The lowest BCUT2D eigenvalue weighted by atomic mass is 9.87. The number of nitrogens with one attached hydrogen (secondary N) is 2. The van der Waals surface area contributed by atoms with Crippen LogP contribution in [0.3, 0.4) is 0 Å². The van der Waals surface area contributed by atoms with Gasteiger partial charge in [0, 0.05) is 79.5 Å². The fourth-order valence-electron chi connectivity index (χ4n) is 5.79. The van der Waals surface area contributed by atoms with Gasteiger partial charge in [-0.3, -0.25) is 9.80 Å². The number of hydrogen-bond donors (Lipinski definition) is 3. The number of ether oxygens (including phenoxy) is 1. The van der Waals surface area contributed by atoms with E-state index in [0.717, 1.165) is 33.3 Å². The summed E-state index contributed by atoms with van der Waals surface area (Å²) >= 11 is 0. The highest BCUT2D eigenvalue weighted by molar-refractivity contribution is 5.94. The molecule has 1 aliphatic heterocycles. The van der Waals surface area contributed by atoms with E-state index in [2.05, 4.69) is 15.2 Å². The Bertz CT molecular complexity index is 1350. The van der Waals surface area contributed by atoms with Gasteiger partial charge in [-0.25, -0.2) is 22.4 Å². The Balaban J connectivity index is 1.50. The third-order valence-electron chi connectivity index (χ3n) is 7.77. The van der Waals surface area contributed by atoms with E-state index < -0.39 is 24.4 Å². The van der Waals surface area contributed by atoms with Crippen LogP contribution in [0, 0.1) is 6.92 Å². The van der Waals surface area contributed by atoms with Crippen molar-refractivity contribution in [3.8, 4) is 5.75 Å². The van der Waals surface area contributed by atoms with Crippen LogP contribution >= 0.6 is 0 Å². The van der Waals surface area contributed by atoms with Crippen LogP contribution in [0.25, 0.3) is 10.9 Å². The fraction of sp³-hybridized carbons (Fsp3) is 0.464. The normalized spacial score (nSPS) is 20.3. The number of aromatic nitrogens is 1. The topological polar surface area (TPSA) is 80.8 Å². The van der Waals surface area contributed by atoms with E-state index in [1.165, 1.54) is 6.07 Å². The standard InChI is InChI=1S/C28H32F4N4O3/c1-16-9-24(39-2)21(19-5-6-33-26(16)19)13-36-8-7-35(15-25(29)30)14-23(36)17-3-4-20(27(37)38)22(10-17)34-18-11-28(31,32)12-18/h3-6,9-10,18,23,25,33-34H,7-8,11-15H2,1-2H3,(H,37,38)/t23-/m1/s1. The summed E-state index contributed by atoms with van der Waals surface area (Å²) < 4.78 is 59.3. The van der Waals surface area contributed by atoms with Crippen LogP contribution < -0.4 is 10.1 Å². The quantitative estimate of drug-likeness (QED) is 0.306. The number of fused-ring (bicyclic) bond motifs is 1. The van der Waals surface area contributed by atoms with Crippen molar-refractivity contribution in [2.75, 3.05) is 38.6 Å². The molecule has 2 heterocycles. The number of aryl methyl sites for hydroxylation is 1. The first-order chi connectivity index (χ1) is 18.5. The minimum absolute atomic E-state index is 0.0185. The van der Waals surface area contributed by atoms with Gasteiger partial charge in [0.15, 0.2) is 0 Å². The molecule has 2 aliphatic rings. The number of methoxy groups -OCH3 is 1. The van der Waals surface area contributed by atoms with E-state index in [-0.39, 0.29) is 36.7 Å². The molecule has 11 heteroatoms. The molecule has 0 unspecified atom stereocenters. The maximum atomic E-state index is 13.5. The predicted octanol–water partition coefficient (Wildman–Crippen LogP) is 5.52. The average Bonchev–Trinajstić information content (AvgIpc) is 3.35. The van der Waals surface area contributed by atoms with Gasteiger partial charge < -0.3 is 20.1 Å². The zero-order valence-electron chi connectivity index (χ0n) is 21.8. The monoisotopic (exact) mass is 548 g/mol. The van der Waals surface area contributed by atoms with Crippen LogP contribution in [-0.4, -0.2) is 77.5 Å². The first kappa shape index (κ1) is 27.3. The Labute approximate surface area is 223 Å². The first-order valence-corrected chi connectivity index (χ1v) is 12.9. The summed E-state index contributed by atoms with van der Waals surface area (Å²) in [5, 5.41) is 13.7. The van der Waals surface area contributed by atoms with E-state index in [1.807, 2.05) is 25.3 Å². The molecule has 2 aromatic carbocycles. The Morgan fingerprint density at radius 3 is 2.67 bits per heavy atom. The molecular formula is C28H32F4N4O3. The van der Waals surface area contributed by atoms with Crippen molar-refractivity contribution in [2.45, 2.75) is 50.7 Å². The summed E-state index contributed by atoms with van der Waals surface area (Å²) in [4.78, 5) is 19.0. The maximum Gasteiger partial charge on any atom is 0.337 e. The molecule has 0 radical (unpaired) electrons. The maximum absolute atomic E-state index is 13.5. The van der Waals surface area contributed by atoms with Gasteiger partial charge in [0.1, 0.15) is 5.75 Å². The second-order valence-electron chi connectivity index (χ2n) is 10.5. The van der Waals surface area contributed by atoms with Crippen LogP contribution in [0.4, 0.5) is 23.2 Å². The summed E-state index contributed by atoms with van der Waals surface area (Å²) in [6, 6.07) is 7.88. The number of carboxylic acid groups (broad SMARTS) is 1. The van der Waals surface area contributed by atoms with Crippen molar-refractivity contribution in [1.29, 1.82) is 0 Å². The molecule has 3 N–H and O–H groups in total. The zero-order valence-corrected chi connectivity index (χ0v) is 21.8. The smallest absolute Gasteiger partial charge is 0.337 e. The van der Waals surface area contributed by atoms with E-state index in [4.69, 9.17) is 4.74 Å². The lowest BCUT2D eigenvalue weighted by molar-refractivity contribution is -0.0793. The summed E-state index contributed by atoms with van der Waals surface area (Å²) in [5.74, 6) is -3.21. The molecule has 5 rings (SSSR count). The number of H-pyrrole nitrogens is 1. The van der Waals surface area contributed by atoms with Gasteiger partial charge in [0.05, 0.1) is 19.2 Å². The Morgan fingerprint density at radius 1 is 1.23 bits per heavy atom. The highest BCUT2D eigenvalue weighted by Gasteiger charge is 2.45. The van der Waals surface area contributed by atoms with Crippen LogP contribution in [0.15, 0.2) is 36.5 Å². The largest absolute Gasteiger partial charge is 0.496 e. The predicted molar refractivity (Wildman–Crippen MR) is 140 cm³/mol. The van der Waals surface area contributed by atoms with Crippen molar-refractivity contribution >= 4 is 22.6 Å². The van der Waals surface area contributed by atoms with Gasteiger partial charge in [-0.2, -0.15) is 0 Å². The molecule has 0 amide bonds. The third kappa shape index (κ3) is 5.69. The van der Waals surface area contributed by atoms with Crippen molar-refractivity contribution in [3.05, 3.63) is 58.8 Å². The molecule has 1 atom stereocenters. The van der Waals surface area contributed by atoms with E-state index in [1.54, 1.807) is 24.1 Å². The number of aromatic amines is 1. The van der Waals surface area contributed by atoms with E-state index in [9.17, 15) is 27.5 Å². The Kier molecular flexibility index (Phi) is 7.47. The van der Waals surface area contributed by atoms with Crippen LogP contribution in [-0.2, 0) is 6.54 Å². The Morgan fingerprint density at radius 2 is 2.00 bits per heavy atom. The van der Waals surface area contributed by atoms with Crippen molar-refractivity contribution in [3.63, 3.8) is 0 Å². The number of aromatic carboxylic acids is 1. The van der Waals surface area contributed by atoms with E-state index >= 15 is 0 Å². The van der Waals surface area contributed by atoms with Crippen LogP contribution in [0.5, 0.6) is 5.75 Å². The molecule has 2 fully saturated rings. The van der Waals surface area contributed by atoms with Gasteiger partial charge in [-0.1, -0.05) is 6.07 Å². The summed E-state index contributed by atoms with van der Waals surface area (Å²) in [6.07, 6.45) is -1.35. The number of hydrogen-bond acceptors (Lipinski definition) is 5. The number of rotatable bonds is 9. The van der Waals surface area contributed by atoms with E-state index in [0.29, 0.717) is 26.2 Å². The van der Waals surface area contributed by atoms with Crippen molar-refractivity contribution in [2.24, 2.45) is 0 Å². The SMILES string of the molecule is COc1cc(C)c2[nH]ccc2c1CN1CCN(CC(F)F)C[C@@H]1c1ccc(C(=O)O)c(NC2CC(F)(F)C2)c1. The van der Waals surface area contributed by atoms with Gasteiger partial charge in [-0.15, -0.1) is 0 Å². The number of anilines is 1. The zero-order chi connectivity index (χ0) is 27.9. The molecule has 210 valence electrons. The minimum Gasteiger partial charge on any atom is -0.496 e. The fourth-order valence-corrected chi connectivity index (χ4v) is 5.79. The number of benzene rings is 2. The van der Waals surface area contributed by atoms with Crippen molar-refractivity contribution in [1.82, 2.24) is 14.8 Å². The minimum atomic E-state index is -2.76. The number of carbonyl (C=O) groups is 1. The number of piperazine rings is 1. The summed E-state index contributed by atoms with van der Waals surface area (Å²) in [6.45, 7) is 3.36. The molecule has 1 saturated heterocycles. The molecule has 1 saturated carbocycles. The second kappa shape index (κ2) is 10.7. The second-order valence-corrected chi connectivity index (χ2v) is 10.5. The molecule has 0 spiro atoms. The third-order valence-corrected chi connectivity index (χ3v) is 7.77. The lowest BCUT2D eigenvalue weighted by Gasteiger charge is -2.42. The molecule has 3 aromatic rings. The molecule has 7 nitrogen and oxygen atoms in total. The van der Waals surface area contributed by atoms with Crippen LogP contribution in [0.1, 0.15) is 45.9 Å². The summed E-state index contributed by atoms with van der Waals surface area (Å²) in [7, 11) is 1.61. The summed E-state index contributed by atoms with van der Waals surface area (Å²) in [5.41, 5.74) is 3.96. The number of alkyl halides is 4. The van der Waals surface area contributed by atoms with Crippen LogP contribution in [0.2, 0.25) is 0 Å². The number of carboxylic acids is 1. The number of halogens is 4. The Hall–Kier alpha value is -3.31. The van der Waals surface area contributed by atoms with Gasteiger partial charge in [-0.05, 0) is 42.3 Å². The molecule has 1 aromatic heterocycles. The average molecular weight is 549 g/mol. The molecule has 1 aliphatic carbocycles. The molecule has 39 heavy (non-hydrogen) atoms. The molecule has 0 bridgehead atoms. The van der Waals surface area contributed by atoms with Gasteiger partial charge in [0.25, 0.3) is 12.3 Å². The highest BCUT2D eigenvalue weighted by Crippen LogP contribution is 2.40. The van der Waals surface area contributed by atoms with Crippen molar-refractivity contribution < 1.29 is 32.2 Å². The van der Waals surface area contributed by atoms with Gasteiger partial charge in [0.2, 0.25) is 0 Å². The highest BCUT2D eigenvalue weighted by atomic mass is 19.3. The molecular weight excluding hydrogens is 516 g/mol.